The van der Waals surface area contributed by atoms with Crippen LogP contribution in [0.4, 0.5) is 10.5 Å². The maximum atomic E-state index is 13.2. The zero-order valence-electron chi connectivity index (χ0n) is 19.0. The molecule has 2 aliphatic rings. The maximum absolute atomic E-state index is 13.2. The zero-order chi connectivity index (χ0) is 22.8. The van der Waals surface area contributed by atoms with Crippen molar-refractivity contribution < 1.29 is 9.59 Å². The van der Waals surface area contributed by atoms with Gasteiger partial charge < -0.3 is 9.80 Å². The quantitative estimate of drug-likeness (QED) is 0.573. The first-order valence-corrected chi connectivity index (χ1v) is 11.7. The third-order valence-corrected chi connectivity index (χ3v) is 6.61. The Bertz CT molecular complexity index is 1170. The lowest BCUT2D eigenvalue weighted by Gasteiger charge is -2.36. The highest BCUT2D eigenvalue weighted by atomic mass is 16.2. The summed E-state index contributed by atoms with van der Waals surface area (Å²) in [5, 5.41) is 0. The molecule has 0 spiro atoms. The molecule has 168 valence electrons. The molecule has 2 heterocycles. The second-order valence-corrected chi connectivity index (χ2v) is 8.99. The molecule has 3 aromatic carbocycles. The smallest absolute Gasteiger partial charge is 0.324 e. The van der Waals surface area contributed by atoms with Crippen LogP contribution in [0.1, 0.15) is 39.0 Å². The Hall–Kier alpha value is -3.60. The summed E-state index contributed by atoms with van der Waals surface area (Å²) in [6, 6.07) is 24.2. The van der Waals surface area contributed by atoms with E-state index in [9.17, 15) is 9.59 Å². The van der Waals surface area contributed by atoms with Crippen LogP contribution in [-0.4, -0.2) is 41.4 Å². The van der Waals surface area contributed by atoms with Crippen LogP contribution in [0.15, 0.2) is 72.8 Å². The van der Waals surface area contributed by atoms with Crippen LogP contribution < -0.4 is 4.90 Å². The second-order valence-electron chi connectivity index (χ2n) is 8.99. The number of carbonyl (C=O) groups excluding carboxylic acids is 2. The van der Waals surface area contributed by atoms with Gasteiger partial charge in [0, 0.05) is 44.0 Å². The number of rotatable bonds is 4. The summed E-state index contributed by atoms with van der Waals surface area (Å²) < 4.78 is 0. The van der Waals surface area contributed by atoms with Crippen molar-refractivity contribution in [2.24, 2.45) is 0 Å². The van der Waals surface area contributed by atoms with Gasteiger partial charge in [-0.3, -0.25) is 9.69 Å². The highest BCUT2D eigenvalue weighted by Crippen LogP contribution is 2.24. The van der Waals surface area contributed by atoms with Gasteiger partial charge in [-0.25, -0.2) is 4.79 Å². The van der Waals surface area contributed by atoms with Crippen molar-refractivity contribution in [2.45, 2.75) is 32.9 Å². The van der Waals surface area contributed by atoms with Gasteiger partial charge in [0.2, 0.25) is 0 Å². The summed E-state index contributed by atoms with van der Waals surface area (Å²) in [6.45, 7) is 5.52. The summed E-state index contributed by atoms with van der Waals surface area (Å²) in [4.78, 5) is 31.9. The second kappa shape index (κ2) is 9.10. The SMILES string of the molecule is Cc1cccc(CN2CCCN(c3ccc(C(=O)N4CCc5ccccc5C4)cc3)C2=O)c1. The van der Waals surface area contributed by atoms with Crippen molar-refractivity contribution in [3.63, 3.8) is 0 Å². The fourth-order valence-electron chi connectivity index (χ4n) is 4.83. The number of benzene rings is 3. The summed E-state index contributed by atoms with van der Waals surface area (Å²) in [6.07, 6.45) is 1.81. The third kappa shape index (κ3) is 4.49. The molecule has 0 atom stereocenters. The highest BCUT2D eigenvalue weighted by molar-refractivity contribution is 5.96. The molecule has 5 heteroatoms. The summed E-state index contributed by atoms with van der Waals surface area (Å²) in [7, 11) is 0. The van der Waals surface area contributed by atoms with Crippen LogP contribution in [0.2, 0.25) is 0 Å². The Kier molecular flexibility index (Phi) is 5.86. The third-order valence-electron chi connectivity index (χ3n) is 6.61. The molecule has 3 amide bonds. The Morgan fingerprint density at radius 3 is 2.45 bits per heavy atom. The molecule has 2 aliphatic heterocycles. The average molecular weight is 440 g/mol. The van der Waals surface area contributed by atoms with E-state index in [1.54, 1.807) is 0 Å². The first kappa shape index (κ1) is 21.3. The first-order valence-electron chi connectivity index (χ1n) is 11.7. The molecule has 5 nitrogen and oxygen atoms in total. The van der Waals surface area contributed by atoms with Gasteiger partial charge in [-0.1, -0.05) is 54.1 Å². The topological polar surface area (TPSA) is 43.9 Å². The van der Waals surface area contributed by atoms with Crippen molar-refractivity contribution in [1.29, 1.82) is 0 Å². The molecule has 5 rings (SSSR count). The molecule has 1 fully saturated rings. The average Bonchev–Trinajstić information content (AvgIpc) is 2.85. The summed E-state index contributed by atoms with van der Waals surface area (Å²) >= 11 is 0. The molecule has 0 bridgehead atoms. The van der Waals surface area contributed by atoms with E-state index >= 15 is 0 Å². The van der Waals surface area contributed by atoms with Crippen molar-refractivity contribution in [3.05, 3.63) is 101 Å². The Morgan fingerprint density at radius 2 is 1.67 bits per heavy atom. The van der Waals surface area contributed by atoms with Crippen LogP contribution in [0.3, 0.4) is 0 Å². The molecule has 0 unspecified atom stereocenters. The Balaban J connectivity index is 1.27. The number of amides is 3. The predicted octanol–water partition coefficient (Wildman–Crippen LogP) is 5.03. The molecule has 0 N–H and O–H groups in total. The van der Waals surface area contributed by atoms with Gasteiger partial charge in [-0.05, 0) is 60.7 Å². The van der Waals surface area contributed by atoms with Gasteiger partial charge in [-0.2, -0.15) is 0 Å². The Labute approximate surface area is 195 Å². The fourth-order valence-corrected chi connectivity index (χ4v) is 4.83. The number of hydrogen-bond acceptors (Lipinski definition) is 2. The summed E-state index contributed by atoms with van der Waals surface area (Å²) in [5.41, 5.74) is 6.41. The fraction of sp³-hybridized carbons (Fsp3) is 0.286. The van der Waals surface area contributed by atoms with E-state index in [0.717, 1.165) is 37.2 Å². The number of aryl methyl sites for hydroxylation is 1. The highest BCUT2D eigenvalue weighted by Gasteiger charge is 2.27. The van der Waals surface area contributed by atoms with E-state index in [1.165, 1.54) is 16.7 Å². The number of hydrogen-bond donors (Lipinski definition) is 0. The van der Waals surface area contributed by atoms with Gasteiger partial charge in [0.1, 0.15) is 0 Å². The maximum Gasteiger partial charge on any atom is 0.324 e. The molecule has 0 radical (unpaired) electrons. The van der Waals surface area contributed by atoms with Gasteiger partial charge in [0.15, 0.2) is 0 Å². The van der Waals surface area contributed by atoms with Gasteiger partial charge >= 0.3 is 6.03 Å². The van der Waals surface area contributed by atoms with E-state index in [-0.39, 0.29) is 11.9 Å². The number of urea groups is 1. The lowest BCUT2D eigenvalue weighted by atomic mass is 9.99. The van der Waals surface area contributed by atoms with E-state index in [0.29, 0.717) is 25.2 Å². The summed E-state index contributed by atoms with van der Waals surface area (Å²) in [5.74, 6) is 0.0436. The van der Waals surface area contributed by atoms with Gasteiger partial charge in [0.25, 0.3) is 5.91 Å². The number of fused-ring (bicyclic) bond motifs is 1. The van der Waals surface area contributed by atoms with Gasteiger partial charge in [-0.15, -0.1) is 0 Å². The zero-order valence-corrected chi connectivity index (χ0v) is 19.0. The molecule has 0 saturated carbocycles. The predicted molar refractivity (Wildman–Crippen MR) is 130 cm³/mol. The molecular weight excluding hydrogens is 410 g/mol. The molecule has 33 heavy (non-hydrogen) atoms. The minimum atomic E-state index is 0.0227. The molecule has 0 aromatic heterocycles. The van der Waals surface area contributed by atoms with E-state index in [1.807, 2.05) is 51.1 Å². The largest absolute Gasteiger partial charge is 0.334 e. The monoisotopic (exact) mass is 439 g/mol. The first-order chi connectivity index (χ1) is 16.1. The minimum Gasteiger partial charge on any atom is -0.334 e. The molecule has 3 aromatic rings. The van der Waals surface area contributed by atoms with Crippen LogP contribution in [0.25, 0.3) is 0 Å². The Morgan fingerprint density at radius 1 is 0.879 bits per heavy atom. The van der Waals surface area contributed by atoms with E-state index < -0.39 is 0 Å². The van der Waals surface area contributed by atoms with Crippen LogP contribution >= 0.6 is 0 Å². The van der Waals surface area contributed by atoms with Crippen molar-refractivity contribution in [1.82, 2.24) is 9.80 Å². The number of nitrogens with zero attached hydrogens (tertiary/aromatic N) is 3. The number of anilines is 1. The van der Waals surface area contributed by atoms with Crippen molar-refractivity contribution in [2.75, 3.05) is 24.5 Å². The molecule has 0 aliphatic carbocycles. The lowest BCUT2D eigenvalue weighted by Crippen LogP contribution is -2.49. The van der Waals surface area contributed by atoms with E-state index in [2.05, 4.69) is 43.3 Å². The van der Waals surface area contributed by atoms with Crippen LogP contribution in [-0.2, 0) is 19.5 Å². The number of carbonyl (C=O) groups is 2. The van der Waals surface area contributed by atoms with Gasteiger partial charge in [0.05, 0.1) is 0 Å². The lowest BCUT2D eigenvalue weighted by molar-refractivity contribution is 0.0734. The van der Waals surface area contributed by atoms with E-state index in [4.69, 9.17) is 0 Å². The standard InChI is InChI=1S/C28H29N3O2/c1-21-6-4-7-22(18-21)19-30-15-5-16-31(28(30)33)26-12-10-24(11-13-26)27(32)29-17-14-23-8-2-3-9-25(23)20-29/h2-4,6-13,18H,5,14-17,19-20H2,1H3. The normalized spacial score (nSPS) is 16.0. The molecule has 1 saturated heterocycles. The van der Waals surface area contributed by atoms with Crippen LogP contribution in [0, 0.1) is 6.92 Å². The molecular formula is C28H29N3O2. The van der Waals surface area contributed by atoms with Crippen molar-refractivity contribution >= 4 is 17.6 Å². The van der Waals surface area contributed by atoms with Crippen molar-refractivity contribution in [3.8, 4) is 0 Å². The van der Waals surface area contributed by atoms with Crippen LogP contribution in [0.5, 0.6) is 0 Å². The minimum absolute atomic E-state index is 0.0227.